The van der Waals surface area contributed by atoms with Gasteiger partial charge in [0.1, 0.15) is 5.56 Å². The van der Waals surface area contributed by atoms with Gasteiger partial charge in [-0.1, -0.05) is 24.9 Å². The highest BCUT2D eigenvalue weighted by Crippen LogP contribution is 2.29. The maximum Gasteiger partial charge on any atom is 0.263 e. The third-order valence-electron chi connectivity index (χ3n) is 4.98. The van der Waals surface area contributed by atoms with Gasteiger partial charge in [-0.05, 0) is 31.5 Å². The molecule has 1 fully saturated rings. The van der Waals surface area contributed by atoms with Crippen molar-refractivity contribution < 1.29 is 9.53 Å². The summed E-state index contributed by atoms with van der Waals surface area (Å²) in [5.41, 5.74) is 0.793. The van der Waals surface area contributed by atoms with E-state index in [1.165, 1.54) is 11.3 Å². The fourth-order valence-electron chi connectivity index (χ4n) is 3.32. The van der Waals surface area contributed by atoms with Gasteiger partial charge in [0, 0.05) is 48.2 Å². The number of halogens is 1. The van der Waals surface area contributed by atoms with Gasteiger partial charge in [0.15, 0.2) is 0 Å². The van der Waals surface area contributed by atoms with E-state index in [1.54, 1.807) is 10.6 Å². The second-order valence-electron chi connectivity index (χ2n) is 7.19. The lowest BCUT2D eigenvalue weighted by atomic mass is 10.1. The number of hydrogen-bond donors (Lipinski definition) is 1. The number of carbonyl (C=O) groups is 1. The minimum atomic E-state index is -0.313. The lowest BCUT2D eigenvalue weighted by Gasteiger charge is -2.26. The maximum absolute atomic E-state index is 12.8. The summed E-state index contributed by atoms with van der Waals surface area (Å²) in [6.07, 6.45) is 4.53. The van der Waals surface area contributed by atoms with Crippen molar-refractivity contribution in [1.82, 2.24) is 14.8 Å². The molecule has 3 heterocycles. The number of nitrogens with zero attached hydrogens (tertiary/aromatic N) is 2. The van der Waals surface area contributed by atoms with E-state index in [0.717, 1.165) is 62.6 Å². The Hall–Kier alpha value is -1.67. The zero-order chi connectivity index (χ0) is 20.6. The average molecular weight is 438 g/mol. The molecule has 0 aromatic carbocycles. The number of amides is 1. The van der Waals surface area contributed by atoms with E-state index in [-0.39, 0.29) is 17.0 Å². The molecule has 158 valence electrons. The third kappa shape index (κ3) is 6.15. The van der Waals surface area contributed by atoms with E-state index in [1.807, 2.05) is 17.6 Å². The van der Waals surface area contributed by atoms with Gasteiger partial charge in [0.2, 0.25) is 0 Å². The molecule has 2 aromatic heterocycles. The van der Waals surface area contributed by atoms with Gasteiger partial charge in [-0.15, -0.1) is 11.3 Å². The molecule has 0 aliphatic carbocycles. The highest BCUT2D eigenvalue weighted by molar-refractivity contribution is 7.14. The summed E-state index contributed by atoms with van der Waals surface area (Å²) in [6.45, 7) is 7.53. The third-order valence-corrected chi connectivity index (χ3v) is 6.30. The molecule has 2 aromatic rings. The van der Waals surface area contributed by atoms with Crippen LogP contribution in [0, 0.1) is 0 Å². The van der Waals surface area contributed by atoms with Crippen LogP contribution in [0.5, 0.6) is 0 Å². The van der Waals surface area contributed by atoms with Gasteiger partial charge < -0.3 is 14.6 Å². The summed E-state index contributed by atoms with van der Waals surface area (Å²) in [5, 5.41) is 5.42. The number of aromatic nitrogens is 1. The van der Waals surface area contributed by atoms with Crippen LogP contribution in [-0.2, 0) is 11.3 Å². The first kappa shape index (κ1) is 22.0. The summed E-state index contributed by atoms with van der Waals surface area (Å²) in [4.78, 5) is 28.9. The van der Waals surface area contributed by atoms with Gasteiger partial charge in [0.25, 0.3) is 11.5 Å². The Morgan fingerprint density at radius 2 is 2.03 bits per heavy atom. The number of morpholine rings is 1. The fraction of sp³-hybridized carbons (Fsp3) is 0.524. The normalized spacial score (nSPS) is 14.8. The molecule has 1 amide bonds. The molecule has 8 heteroatoms. The Bertz CT molecular complexity index is 874. The second-order valence-corrected chi connectivity index (χ2v) is 8.53. The van der Waals surface area contributed by atoms with Crippen LogP contribution in [0.2, 0.25) is 5.02 Å². The molecule has 0 radical (unpaired) electrons. The Morgan fingerprint density at radius 3 is 2.72 bits per heavy atom. The Kier molecular flexibility index (Phi) is 8.29. The van der Waals surface area contributed by atoms with Crippen molar-refractivity contribution in [3.8, 4) is 10.4 Å². The monoisotopic (exact) mass is 437 g/mol. The molecule has 3 rings (SSSR count). The number of thiophene rings is 1. The molecule has 1 saturated heterocycles. The van der Waals surface area contributed by atoms with E-state index in [0.29, 0.717) is 18.1 Å². The van der Waals surface area contributed by atoms with Crippen molar-refractivity contribution in [1.29, 1.82) is 0 Å². The van der Waals surface area contributed by atoms with Crippen molar-refractivity contribution >= 4 is 28.8 Å². The second kappa shape index (κ2) is 10.9. The van der Waals surface area contributed by atoms with Crippen LogP contribution < -0.4 is 10.9 Å². The molecule has 0 saturated carbocycles. The van der Waals surface area contributed by atoms with Crippen LogP contribution in [-0.4, -0.2) is 54.8 Å². The van der Waals surface area contributed by atoms with Gasteiger partial charge in [-0.25, -0.2) is 0 Å². The van der Waals surface area contributed by atoms with Gasteiger partial charge in [-0.3, -0.25) is 14.5 Å². The van der Waals surface area contributed by atoms with E-state index in [9.17, 15) is 9.59 Å². The Labute approximate surface area is 180 Å². The van der Waals surface area contributed by atoms with Crippen LogP contribution in [0.25, 0.3) is 10.4 Å². The SMILES string of the molecule is CCCCn1cc(-c2cc(Cl)cs2)cc(C(=O)NCCCN2CCOCC2)c1=O. The predicted molar refractivity (Wildman–Crippen MR) is 118 cm³/mol. The minimum Gasteiger partial charge on any atom is -0.379 e. The molecule has 29 heavy (non-hydrogen) atoms. The maximum atomic E-state index is 12.8. The molecule has 0 unspecified atom stereocenters. The van der Waals surface area contributed by atoms with Crippen LogP contribution in [0.3, 0.4) is 0 Å². The first-order valence-corrected chi connectivity index (χ1v) is 11.4. The molecular formula is C21H28ClN3O3S. The number of nitrogens with one attached hydrogen (secondary N) is 1. The highest BCUT2D eigenvalue weighted by atomic mass is 35.5. The van der Waals surface area contributed by atoms with Crippen LogP contribution in [0.4, 0.5) is 0 Å². The minimum absolute atomic E-state index is 0.189. The lowest BCUT2D eigenvalue weighted by Crippen LogP contribution is -2.38. The number of rotatable bonds is 9. The highest BCUT2D eigenvalue weighted by Gasteiger charge is 2.16. The number of unbranched alkanes of at least 4 members (excludes halogenated alkanes) is 1. The van der Waals surface area contributed by atoms with Crippen molar-refractivity contribution in [2.45, 2.75) is 32.7 Å². The number of hydrogen-bond acceptors (Lipinski definition) is 5. The van der Waals surface area contributed by atoms with Crippen LogP contribution >= 0.6 is 22.9 Å². The molecule has 6 nitrogen and oxygen atoms in total. The summed E-state index contributed by atoms with van der Waals surface area (Å²) < 4.78 is 7.00. The van der Waals surface area contributed by atoms with Crippen molar-refractivity contribution in [2.24, 2.45) is 0 Å². The van der Waals surface area contributed by atoms with Gasteiger partial charge >= 0.3 is 0 Å². The number of ether oxygens (including phenoxy) is 1. The number of carbonyl (C=O) groups excluding carboxylic acids is 1. The topological polar surface area (TPSA) is 63.6 Å². The summed E-state index contributed by atoms with van der Waals surface area (Å²) in [5.74, 6) is -0.313. The van der Waals surface area contributed by atoms with Gasteiger partial charge in [-0.2, -0.15) is 0 Å². The van der Waals surface area contributed by atoms with Crippen molar-refractivity contribution in [2.75, 3.05) is 39.4 Å². The molecule has 1 aliphatic rings. The molecule has 0 atom stereocenters. The number of pyridine rings is 1. The van der Waals surface area contributed by atoms with Crippen LogP contribution in [0.1, 0.15) is 36.5 Å². The summed E-state index contributed by atoms with van der Waals surface area (Å²) >= 11 is 7.57. The van der Waals surface area contributed by atoms with Crippen molar-refractivity contribution in [3.05, 3.63) is 44.6 Å². The Morgan fingerprint density at radius 1 is 1.24 bits per heavy atom. The van der Waals surface area contributed by atoms with Crippen LogP contribution in [0.15, 0.2) is 28.5 Å². The molecule has 0 bridgehead atoms. The largest absolute Gasteiger partial charge is 0.379 e. The van der Waals surface area contributed by atoms with E-state index >= 15 is 0 Å². The molecule has 1 N–H and O–H groups in total. The zero-order valence-corrected chi connectivity index (χ0v) is 18.4. The first-order valence-electron chi connectivity index (χ1n) is 10.2. The van der Waals surface area contributed by atoms with Crippen molar-refractivity contribution in [3.63, 3.8) is 0 Å². The quantitative estimate of drug-likeness (QED) is 0.610. The predicted octanol–water partition coefficient (Wildman–Crippen LogP) is 3.48. The first-order chi connectivity index (χ1) is 14.1. The fourth-order valence-corrected chi connectivity index (χ4v) is 4.37. The van der Waals surface area contributed by atoms with E-state index < -0.39 is 0 Å². The Balaban J connectivity index is 1.70. The lowest BCUT2D eigenvalue weighted by molar-refractivity contribution is 0.0374. The average Bonchev–Trinajstić information content (AvgIpc) is 3.17. The molecule has 0 spiro atoms. The number of aryl methyl sites for hydroxylation is 1. The summed E-state index contributed by atoms with van der Waals surface area (Å²) in [6, 6.07) is 3.55. The smallest absolute Gasteiger partial charge is 0.263 e. The van der Waals surface area contributed by atoms with E-state index in [4.69, 9.17) is 16.3 Å². The molecular weight excluding hydrogens is 410 g/mol. The zero-order valence-electron chi connectivity index (χ0n) is 16.8. The van der Waals surface area contributed by atoms with E-state index in [2.05, 4.69) is 17.1 Å². The molecule has 1 aliphatic heterocycles. The summed E-state index contributed by atoms with van der Waals surface area (Å²) in [7, 11) is 0. The standard InChI is InChI=1S/C21H28ClN3O3S/c1-2-3-7-25-14-16(19-13-17(22)15-29-19)12-18(21(25)27)20(26)23-5-4-6-24-8-10-28-11-9-24/h12-15H,2-11H2,1H3,(H,23,26). The van der Waals surface area contributed by atoms with Gasteiger partial charge in [0.05, 0.1) is 18.2 Å².